The summed E-state index contributed by atoms with van der Waals surface area (Å²) in [5, 5.41) is 0. The van der Waals surface area contributed by atoms with E-state index in [1.807, 2.05) is 24.3 Å². The van der Waals surface area contributed by atoms with E-state index in [2.05, 4.69) is 17.1 Å². The van der Waals surface area contributed by atoms with E-state index in [-0.39, 0.29) is 24.8 Å². The van der Waals surface area contributed by atoms with Crippen LogP contribution in [0.5, 0.6) is 0 Å². The minimum absolute atomic E-state index is 0.160. The molecule has 1 aliphatic rings. The van der Waals surface area contributed by atoms with Crippen molar-refractivity contribution in [2.45, 2.75) is 27.2 Å². The lowest BCUT2D eigenvalue weighted by molar-refractivity contribution is -0.134. The number of carbonyl (C=O) groups excluding carboxylic acids is 3. The van der Waals surface area contributed by atoms with E-state index in [0.717, 1.165) is 12.0 Å². The Labute approximate surface area is 175 Å². The van der Waals surface area contributed by atoms with Gasteiger partial charge in [0, 0.05) is 18.8 Å². The number of H-pyrrole nitrogens is 1. The zero-order chi connectivity index (χ0) is 21.7. The molecule has 1 N–H and O–H groups in total. The maximum atomic E-state index is 12.5. The molecule has 2 heterocycles. The van der Waals surface area contributed by atoms with Crippen LogP contribution >= 0.6 is 0 Å². The SMILES string of the molecule is CCOC(=O)c1c(C)[nH]c(C(=O)OCC(=O)N2CC=C(c3ccccc3)CC2)c1C. The molecule has 30 heavy (non-hydrogen) atoms. The van der Waals surface area contributed by atoms with E-state index >= 15 is 0 Å². The van der Waals surface area contributed by atoms with Crippen molar-refractivity contribution in [2.75, 3.05) is 26.3 Å². The fourth-order valence-corrected chi connectivity index (χ4v) is 3.56. The number of aromatic amines is 1. The first-order valence-electron chi connectivity index (χ1n) is 9.98. The molecule has 0 aliphatic carbocycles. The summed E-state index contributed by atoms with van der Waals surface area (Å²) in [6.45, 7) is 6.00. The van der Waals surface area contributed by atoms with Crippen LogP contribution in [0, 0.1) is 13.8 Å². The number of amides is 1. The van der Waals surface area contributed by atoms with Crippen molar-refractivity contribution in [3.63, 3.8) is 0 Å². The largest absolute Gasteiger partial charge is 0.462 e. The molecule has 1 aliphatic heterocycles. The molecule has 2 aromatic rings. The number of esters is 2. The van der Waals surface area contributed by atoms with E-state index in [9.17, 15) is 14.4 Å². The van der Waals surface area contributed by atoms with Crippen molar-refractivity contribution >= 4 is 23.4 Å². The number of hydrogen-bond acceptors (Lipinski definition) is 5. The van der Waals surface area contributed by atoms with Gasteiger partial charge in [-0.15, -0.1) is 0 Å². The van der Waals surface area contributed by atoms with E-state index < -0.39 is 11.9 Å². The first kappa shape index (κ1) is 21.4. The summed E-state index contributed by atoms with van der Waals surface area (Å²) in [6.07, 6.45) is 2.78. The van der Waals surface area contributed by atoms with Crippen molar-refractivity contribution in [3.05, 3.63) is 64.5 Å². The van der Waals surface area contributed by atoms with Crippen molar-refractivity contribution in [1.82, 2.24) is 9.88 Å². The van der Waals surface area contributed by atoms with Crippen LogP contribution in [0.25, 0.3) is 5.57 Å². The van der Waals surface area contributed by atoms with Gasteiger partial charge in [-0.2, -0.15) is 0 Å². The highest BCUT2D eigenvalue weighted by molar-refractivity contribution is 5.99. The molecule has 0 spiro atoms. The highest BCUT2D eigenvalue weighted by Gasteiger charge is 2.25. The Morgan fingerprint density at radius 2 is 1.80 bits per heavy atom. The number of ether oxygens (including phenoxy) is 2. The van der Waals surface area contributed by atoms with Crippen LogP contribution in [0.4, 0.5) is 0 Å². The molecule has 0 saturated heterocycles. The third kappa shape index (κ3) is 4.62. The molecule has 0 bridgehead atoms. The number of aromatic nitrogens is 1. The standard InChI is InChI=1S/C23H26N2O5/c1-4-29-22(27)20-15(2)21(24-16(20)3)23(28)30-14-19(26)25-12-10-18(11-13-25)17-8-6-5-7-9-17/h5-10,24H,4,11-14H2,1-3H3. The number of benzene rings is 1. The highest BCUT2D eigenvalue weighted by atomic mass is 16.5. The van der Waals surface area contributed by atoms with Crippen LogP contribution < -0.4 is 0 Å². The predicted molar refractivity (Wildman–Crippen MR) is 112 cm³/mol. The van der Waals surface area contributed by atoms with E-state index in [0.29, 0.717) is 29.9 Å². The third-order valence-electron chi connectivity index (χ3n) is 5.15. The molecule has 0 fully saturated rings. The van der Waals surface area contributed by atoms with Gasteiger partial charge in [0.25, 0.3) is 5.91 Å². The summed E-state index contributed by atoms with van der Waals surface area (Å²) in [5.41, 5.74) is 3.83. The Bertz CT molecular complexity index is 975. The average Bonchev–Trinajstić information content (AvgIpc) is 3.06. The van der Waals surface area contributed by atoms with E-state index in [1.54, 1.807) is 25.7 Å². The second-order valence-electron chi connectivity index (χ2n) is 7.11. The fourth-order valence-electron chi connectivity index (χ4n) is 3.56. The Hall–Kier alpha value is -3.35. The van der Waals surface area contributed by atoms with Crippen molar-refractivity contribution in [1.29, 1.82) is 0 Å². The quantitative estimate of drug-likeness (QED) is 0.739. The summed E-state index contributed by atoms with van der Waals surface area (Å²) >= 11 is 0. The monoisotopic (exact) mass is 410 g/mol. The molecule has 3 rings (SSSR count). The maximum Gasteiger partial charge on any atom is 0.355 e. The average molecular weight is 410 g/mol. The zero-order valence-corrected chi connectivity index (χ0v) is 17.5. The van der Waals surface area contributed by atoms with Gasteiger partial charge < -0.3 is 19.4 Å². The van der Waals surface area contributed by atoms with Crippen LogP contribution in [0.3, 0.4) is 0 Å². The van der Waals surface area contributed by atoms with E-state index in [4.69, 9.17) is 9.47 Å². The van der Waals surface area contributed by atoms with Gasteiger partial charge in [0.05, 0.1) is 12.2 Å². The van der Waals surface area contributed by atoms with Gasteiger partial charge in [-0.05, 0) is 43.9 Å². The lowest BCUT2D eigenvalue weighted by Gasteiger charge is -2.26. The van der Waals surface area contributed by atoms with Gasteiger partial charge >= 0.3 is 11.9 Å². The van der Waals surface area contributed by atoms with Crippen LogP contribution in [0.2, 0.25) is 0 Å². The first-order chi connectivity index (χ1) is 14.4. The molecule has 158 valence electrons. The smallest absolute Gasteiger partial charge is 0.355 e. The maximum absolute atomic E-state index is 12.5. The highest BCUT2D eigenvalue weighted by Crippen LogP contribution is 2.22. The molecule has 1 aromatic carbocycles. The molecule has 0 radical (unpaired) electrons. The summed E-state index contributed by atoms with van der Waals surface area (Å²) in [7, 11) is 0. The van der Waals surface area contributed by atoms with Gasteiger partial charge in [0.2, 0.25) is 0 Å². The second-order valence-corrected chi connectivity index (χ2v) is 7.11. The number of rotatable bonds is 6. The topological polar surface area (TPSA) is 88.7 Å². The normalized spacial score (nSPS) is 13.6. The lowest BCUT2D eigenvalue weighted by atomic mass is 10.00. The van der Waals surface area contributed by atoms with E-state index in [1.165, 1.54) is 5.57 Å². The van der Waals surface area contributed by atoms with Gasteiger partial charge in [-0.25, -0.2) is 9.59 Å². The lowest BCUT2D eigenvalue weighted by Crippen LogP contribution is -2.37. The van der Waals surface area contributed by atoms with Gasteiger partial charge in [-0.1, -0.05) is 36.4 Å². The Morgan fingerprint density at radius 3 is 2.43 bits per heavy atom. The molecular weight excluding hydrogens is 384 g/mol. The Kier molecular flexibility index (Phi) is 6.72. The fraction of sp³-hybridized carbons (Fsp3) is 0.348. The summed E-state index contributed by atoms with van der Waals surface area (Å²) in [5.74, 6) is -1.41. The third-order valence-corrected chi connectivity index (χ3v) is 5.15. The number of nitrogens with one attached hydrogen (secondary N) is 1. The summed E-state index contributed by atoms with van der Waals surface area (Å²) in [6, 6.07) is 10.1. The van der Waals surface area contributed by atoms with Crippen LogP contribution in [0.1, 0.15) is 51.0 Å². The summed E-state index contributed by atoms with van der Waals surface area (Å²) in [4.78, 5) is 41.5. The molecule has 1 amide bonds. The minimum atomic E-state index is -0.669. The van der Waals surface area contributed by atoms with Crippen molar-refractivity contribution in [2.24, 2.45) is 0 Å². The number of carbonyl (C=O) groups is 3. The van der Waals surface area contributed by atoms with Gasteiger partial charge in [-0.3, -0.25) is 4.79 Å². The molecule has 7 nitrogen and oxygen atoms in total. The molecule has 0 atom stereocenters. The first-order valence-corrected chi connectivity index (χ1v) is 9.98. The number of aryl methyl sites for hydroxylation is 1. The van der Waals surface area contributed by atoms with Crippen LogP contribution in [-0.2, 0) is 14.3 Å². The summed E-state index contributed by atoms with van der Waals surface area (Å²) < 4.78 is 10.2. The molecule has 0 unspecified atom stereocenters. The van der Waals surface area contributed by atoms with Crippen molar-refractivity contribution in [3.8, 4) is 0 Å². The Morgan fingerprint density at radius 1 is 1.07 bits per heavy atom. The molecular formula is C23H26N2O5. The van der Waals surface area contributed by atoms with Gasteiger partial charge in [0.1, 0.15) is 5.69 Å². The minimum Gasteiger partial charge on any atom is -0.462 e. The zero-order valence-electron chi connectivity index (χ0n) is 17.5. The predicted octanol–water partition coefficient (Wildman–Crippen LogP) is 3.28. The molecule has 0 saturated carbocycles. The van der Waals surface area contributed by atoms with Crippen LogP contribution in [-0.4, -0.2) is 54.0 Å². The molecule has 1 aromatic heterocycles. The second kappa shape index (κ2) is 9.43. The molecule has 7 heteroatoms. The van der Waals surface area contributed by atoms with Crippen molar-refractivity contribution < 1.29 is 23.9 Å². The number of hydrogen-bond donors (Lipinski definition) is 1. The van der Waals surface area contributed by atoms with Crippen LogP contribution in [0.15, 0.2) is 36.4 Å². The Balaban J connectivity index is 1.58. The number of nitrogens with zero attached hydrogens (tertiary/aromatic N) is 1. The van der Waals surface area contributed by atoms with Gasteiger partial charge in [0.15, 0.2) is 6.61 Å².